The summed E-state index contributed by atoms with van der Waals surface area (Å²) in [6.07, 6.45) is -0.619. The zero-order valence-electron chi connectivity index (χ0n) is 12.4. The molecule has 2 aromatic carbocycles. The summed E-state index contributed by atoms with van der Waals surface area (Å²) < 4.78 is 4.69. The van der Waals surface area contributed by atoms with Crippen molar-refractivity contribution in [2.45, 2.75) is 25.5 Å². The summed E-state index contributed by atoms with van der Waals surface area (Å²) in [5.41, 5.74) is 0.795. The molecule has 2 rings (SSSR count). The minimum Gasteiger partial charge on any atom is -0.469 e. The number of methoxy groups -OCH3 is 1. The molecule has 4 nitrogen and oxygen atoms in total. The predicted molar refractivity (Wildman–Crippen MR) is 83.0 cm³/mol. The molecule has 0 spiro atoms. The van der Waals surface area contributed by atoms with Gasteiger partial charge in [0.1, 0.15) is 0 Å². The van der Waals surface area contributed by atoms with Crippen LogP contribution in [0.25, 0.3) is 10.8 Å². The molecule has 112 valence electrons. The van der Waals surface area contributed by atoms with Crippen molar-refractivity contribution >= 4 is 16.7 Å². The normalized spacial score (nSPS) is 13.9. The quantitative estimate of drug-likeness (QED) is 0.801. The molecule has 2 aromatic rings. The van der Waals surface area contributed by atoms with Crippen molar-refractivity contribution in [3.63, 3.8) is 0 Å². The highest BCUT2D eigenvalue weighted by Gasteiger charge is 2.23. The summed E-state index contributed by atoms with van der Waals surface area (Å²) in [4.78, 5) is 11.5. The number of benzene rings is 2. The molecule has 0 aliphatic heterocycles. The molecule has 0 saturated heterocycles. The first-order valence-electron chi connectivity index (χ1n) is 7.12. The average Bonchev–Trinajstić information content (AvgIpc) is 2.53. The molecular formula is C17H21NO3. The van der Waals surface area contributed by atoms with Crippen molar-refractivity contribution in [1.82, 2.24) is 5.32 Å². The van der Waals surface area contributed by atoms with Gasteiger partial charge < -0.3 is 15.2 Å². The Balaban J connectivity index is 2.24. The monoisotopic (exact) mass is 287 g/mol. The van der Waals surface area contributed by atoms with Crippen molar-refractivity contribution in [3.05, 3.63) is 48.0 Å². The Morgan fingerprint density at radius 3 is 2.62 bits per heavy atom. The lowest BCUT2D eigenvalue weighted by atomic mass is 9.97. The summed E-state index contributed by atoms with van der Waals surface area (Å²) in [5, 5.41) is 15.9. The van der Waals surface area contributed by atoms with Crippen molar-refractivity contribution in [2.24, 2.45) is 0 Å². The van der Waals surface area contributed by atoms with Crippen LogP contribution in [0.1, 0.15) is 25.0 Å². The van der Waals surface area contributed by atoms with E-state index in [-0.39, 0.29) is 18.4 Å². The van der Waals surface area contributed by atoms with Gasteiger partial charge in [0, 0.05) is 6.04 Å². The Hall–Kier alpha value is -1.91. The second-order valence-electron chi connectivity index (χ2n) is 5.00. The van der Waals surface area contributed by atoms with Crippen LogP contribution in [0.2, 0.25) is 0 Å². The van der Waals surface area contributed by atoms with Gasteiger partial charge in [0.15, 0.2) is 0 Å². The van der Waals surface area contributed by atoms with E-state index in [1.54, 1.807) is 0 Å². The first kappa shape index (κ1) is 15.5. The van der Waals surface area contributed by atoms with Crippen LogP contribution in [0, 0.1) is 0 Å². The number of hydrogen-bond acceptors (Lipinski definition) is 4. The fourth-order valence-corrected chi connectivity index (χ4v) is 2.44. The molecule has 2 atom stereocenters. The maximum atomic E-state index is 11.5. The Morgan fingerprint density at radius 1 is 1.24 bits per heavy atom. The lowest BCUT2D eigenvalue weighted by Crippen LogP contribution is -2.37. The maximum Gasteiger partial charge on any atom is 0.307 e. The number of aliphatic hydroxyl groups excluding tert-OH is 1. The van der Waals surface area contributed by atoms with Gasteiger partial charge in [-0.2, -0.15) is 0 Å². The van der Waals surface area contributed by atoms with Gasteiger partial charge in [-0.15, -0.1) is 0 Å². The first-order chi connectivity index (χ1) is 10.2. The molecule has 0 aliphatic carbocycles. The Bertz CT molecular complexity index is 612. The molecule has 2 unspecified atom stereocenters. The van der Waals surface area contributed by atoms with Gasteiger partial charge in [0.05, 0.1) is 19.6 Å². The fourth-order valence-electron chi connectivity index (χ4n) is 2.44. The molecule has 0 heterocycles. The second-order valence-corrected chi connectivity index (χ2v) is 5.00. The molecular weight excluding hydrogens is 266 g/mol. The minimum absolute atomic E-state index is 0.137. The zero-order chi connectivity index (χ0) is 15.2. The number of ether oxygens (including phenoxy) is 1. The van der Waals surface area contributed by atoms with Crippen LogP contribution in [0.5, 0.6) is 0 Å². The lowest BCUT2D eigenvalue weighted by molar-refractivity contribution is -0.142. The van der Waals surface area contributed by atoms with Crippen molar-refractivity contribution < 1.29 is 14.6 Å². The van der Waals surface area contributed by atoms with Crippen molar-refractivity contribution in [3.8, 4) is 0 Å². The maximum absolute atomic E-state index is 11.5. The van der Waals surface area contributed by atoms with E-state index in [1.807, 2.05) is 49.4 Å². The van der Waals surface area contributed by atoms with Crippen LogP contribution >= 0.6 is 0 Å². The topological polar surface area (TPSA) is 58.6 Å². The van der Waals surface area contributed by atoms with Crippen LogP contribution < -0.4 is 5.32 Å². The molecule has 0 bridgehead atoms. The number of carbonyl (C=O) groups excluding carboxylic acids is 1. The third kappa shape index (κ3) is 3.80. The number of fused-ring (bicyclic) bond motifs is 1. The van der Waals surface area contributed by atoms with Crippen molar-refractivity contribution in [2.75, 3.05) is 13.7 Å². The summed E-state index contributed by atoms with van der Waals surface area (Å²) in [5.74, 6) is -0.333. The standard InChI is InChI=1S/C17H21NO3/c1-3-18-15(11-16(19)21-2)17(20)14-9-8-12-6-4-5-7-13(12)10-14/h4-10,15,17-18,20H,3,11H2,1-2H3. The third-order valence-corrected chi connectivity index (χ3v) is 3.58. The zero-order valence-corrected chi connectivity index (χ0v) is 12.4. The summed E-state index contributed by atoms with van der Waals surface area (Å²) >= 11 is 0. The molecule has 0 saturated carbocycles. The molecule has 0 aliphatic rings. The van der Waals surface area contributed by atoms with Gasteiger partial charge in [0.25, 0.3) is 0 Å². The van der Waals surface area contributed by atoms with E-state index in [2.05, 4.69) is 5.32 Å². The molecule has 4 heteroatoms. The van der Waals surface area contributed by atoms with Crippen LogP contribution in [-0.2, 0) is 9.53 Å². The van der Waals surface area contributed by atoms with E-state index in [0.29, 0.717) is 6.54 Å². The molecule has 21 heavy (non-hydrogen) atoms. The highest BCUT2D eigenvalue weighted by Crippen LogP contribution is 2.24. The number of hydrogen-bond donors (Lipinski definition) is 2. The van der Waals surface area contributed by atoms with Crippen molar-refractivity contribution in [1.29, 1.82) is 0 Å². The van der Waals surface area contributed by atoms with E-state index in [4.69, 9.17) is 4.74 Å². The highest BCUT2D eigenvalue weighted by atomic mass is 16.5. The van der Waals surface area contributed by atoms with Crippen LogP contribution in [0.4, 0.5) is 0 Å². The highest BCUT2D eigenvalue weighted by molar-refractivity contribution is 5.83. The predicted octanol–water partition coefficient (Wildman–Crippen LogP) is 2.41. The Morgan fingerprint density at radius 2 is 1.95 bits per heavy atom. The number of nitrogens with one attached hydrogen (secondary N) is 1. The third-order valence-electron chi connectivity index (χ3n) is 3.58. The molecule has 0 aromatic heterocycles. The number of esters is 1. The molecule has 0 radical (unpaired) electrons. The van der Waals surface area contributed by atoms with E-state index in [0.717, 1.165) is 16.3 Å². The Labute approximate surface area is 124 Å². The van der Waals surface area contributed by atoms with Crippen LogP contribution in [0.15, 0.2) is 42.5 Å². The molecule has 0 fully saturated rings. The van der Waals surface area contributed by atoms with Crippen LogP contribution in [0.3, 0.4) is 0 Å². The number of likely N-dealkylation sites (N-methyl/N-ethyl adjacent to an activating group) is 1. The van der Waals surface area contributed by atoms with Gasteiger partial charge in [-0.3, -0.25) is 4.79 Å². The van der Waals surface area contributed by atoms with Gasteiger partial charge in [0.2, 0.25) is 0 Å². The average molecular weight is 287 g/mol. The minimum atomic E-state index is -0.756. The Kier molecular flexibility index (Phi) is 5.31. The summed E-state index contributed by atoms with van der Waals surface area (Å²) in [6.45, 7) is 2.61. The fraction of sp³-hybridized carbons (Fsp3) is 0.353. The lowest BCUT2D eigenvalue weighted by Gasteiger charge is -2.23. The van der Waals surface area contributed by atoms with E-state index >= 15 is 0 Å². The number of aliphatic hydroxyl groups is 1. The second kappa shape index (κ2) is 7.20. The van der Waals surface area contributed by atoms with Gasteiger partial charge >= 0.3 is 5.97 Å². The SMILES string of the molecule is CCNC(CC(=O)OC)C(O)c1ccc2ccccc2c1. The smallest absolute Gasteiger partial charge is 0.307 e. The number of carbonyl (C=O) groups is 1. The summed E-state index contributed by atoms with van der Waals surface area (Å²) in [6, 6.07) is 13.5. The molecule has 2 N–H and O–H groups in total. The van der Waals surface area contributed by atoms with E-state index in [9.17, 15) is 9.90 Å². The first-order valence-corrected chi connectivity index (χ1v) is 7.12. The summed E-state index contributed by atoms with van der Waals surface area (Å²) in [7, 11) is 1.35. The molecule has 0 amide bonds. The largest absolute Gasteiger partial charge is 0.469 e. The van der Waals surface area contributed by atoms with Gasteiger partial charge in [-0.1, -0.05) is 43.3 Å². The van der Waals surface area contributed by atoms with E-state index < -0.39 is 6.10 Å². The van der Waals surface area contributed by atoms with Crippen LogP contribution in [-0.4, -0.2) is 30.8 Å². The van der Waals surface area contributed by atoms with Gasteiger partial charge in [-0.05, 0) is 28.9 Å². The number of rotatable bonds is 6. The van der Waals surface area contributed by atoms with E-state index in [1.165, 1.54) is 7.11 Å². The van der Waals surface area contributed by atoms with Gasteiger partial charge in [-0.25, -0.2) is 0 Å².